The molecule has 0 spiro atoms. The van der Waals surface area contributed by atoms with E-state index < -0.39 is 28.3 Å². The number of methoxy groups -OCH3 is 1. The smallest absolute Gasteiger partial charge is 0.264 e. The summed E-state index contributed by atoms with van der Waals surface area (Å²) >= 11 is 6.20. The van der Waals surface area contributed by atoms with E-state index in [-0.39, 0.29) is 17.1 Å². The number of benzene rings is 3. The van der Waals surface area contributed by atoms with Crippen LogP contribution in [0.25, 0.3) is 0 Å². The quantitative estimate of drug-likeness (QED) is 0.525. The third-order valence-electron chi connectivity index (χ3n) is 4.85. The van der Waals surface area contributed by atoms with Gasteiger partial charge in [-0.3, -0.25) is 9.10 Å². The third kappa shape index (κ3) is 5.38. The van der Waals surface area contributed by atoms with Gasteiger partial charge in [-0.2, -0.15) is 0 Å². The molecular formula is C23H22ClFN2O4S. The summed E-state index contributed by atoms with van der Waals surface area (Å²) < 4.78 is 46.1. The summed E-state index contributed by atoms with van der Waals surface area (Å²) in [4.78, 5) is 12.6. The number of hydrogen-bond donors (Lipinski definition) is 1. The van der Waals surface area contributed by atoms with Crippen molar-refractivity contribution >= 4 is 33.2 Å². The van der Waals surface area contributed by atoms with Gasteiger partial charge < -0.3 is 10.1 Å². The van der Waals surface area contributed by atoms with Crippen molar-refractivity contribution in [2.45, 2.75) is 18.4 Å². The zero-order chi connectivity index (χ0) is 23.3. The van der Waals surface area contributed by atoms with Crippen LogP contribution in [-0.4, -0.2) is 28.0 Å². The lowest BCUT2D eigenvalue weighted by Gasteiger charge is -2.26. The van der Waals surface area contributed by atoms with Crippen molar-refractivity contribution in [1.29, 1.82) is 0 Å². The molecule has 0 bridgehead atoms. The van der Waals surface area contributed by atoms with E-state index in [1.165, 1.54) is 0 Å². The SMILES string of the molecule is COc1ccc(CNC(=O)CN(c2cccc(Cl)c2C)S(=O)(=O)c2ccc(F)cc2)cc1. The molecule has 0 aromatic heterocycles. The lowest BCUT2D eigenvalue weighted by atomic mass is 10.2. The van der Waals surface area contributed by atoms with Gasteiger partial charge in [0.25, 0.3) is 10.0 Å². The van der Waals surface area contributed by atoms with Gasteiger partial charge in [-0.1, -0.05) is 29.8 Å². The van der Waals surface area contributed by atoms with Crippen LogP contribution >= 0.6 is 11.6 Å². The van der Waals surface area contributed by atoms with E-state index in [9.17, 15) is 17.6 Å². The summed E-state index contributed by atoms with van der Waals surface area (Å²) in [5, 5.41) is 3.09. The number of hydrogen-bond acceptors (Lipinski definition) is 4. The Hall–Kier alpha value is -3.10. The zero-order valence-electron chi connectivity index (χ0n) is 17.5. The fourth-order valence-corrected chi connectivity index (χ4v) is 4.68. The molecule has 0 unspecified atom stereocenters. The minimum Gasteiger partial charge on any atom is -0.497 e. The Kier molecular flexibility index (Phi) is 7.37. The van der Waals surface area contributed by atoms with E-state index >= 15 is 0 Å². The standard InChI is InChI=1S/C23H22ClFN2O4S/c1-16-21(24)4-3-5-22(16)27(32(29,30)20-12-8-18(25)9-13-20)15-23(28)26-14-17-6-10-19(31-2)11-7-17/h3-13H,14-15H2,1-2H3,(H,26,28). The van der Waals surface area contributed by atoms with Crippen LogP contribution in [0.15, 0.2) is 71.6 Å². The highest BCUT2D eigenvalue weighted by atomic mass is 35.5. The maximum Gasteiger partial charge on any atom is 0.264 e. The summed E-state index contributed by atoms with van der Waals surface area (Å²) in [6.07, 6.45) is 0. The molecule has 0 aliphatic carbocycles. The van der Waals surface area contributed by atoms with Gasteiger partial charge in [0.05, 0.1) is 17.7 Å². The minimum atomic E-state index is -4.17. The van der Waals surface area contributed by atoms with Crippen LogP contribution < -0.4 is 14.4 Å². The monoisotopic (exact) mass is 476 g/mol. The lowest BCUT2D eigenvalue weighted by Crippen LogP contribution is -2.41. The molecule has 0 heterocycles. The van der Waals surface area contributed by atoms with Crippen LogP contribution in [0, 0.1) is 12.7 Å². The van der Waals surface area contributed by atoms with E-state index in [0.29, 0.717) is 16.3 Å². The van der Waals surface area contributed by atoms with E-state index in [1.807, 2.05) is 0 Å². The highest BCUT2D eigenvalue weighted by Crippen LogP contribution is 2.30. The molecule has 0 saturated heterocycles. The molecule has 3 rings (SSSR count). The second-order valence-electron chi connectivity index (χ2n) is 6.97. The number of sulfonamides is 1. The molecule has 0 atom stereocenters. The number of nitrogens with zero attached hydrogens (tertiary/aromatic N) is 1. The number of nitrogens with one attached hydrogen (secondary N) is 1. The number of rotatable bonds is 8. The molecule has 0 aliphatic heterocycles. The van der Waals surface area contributed by atoms with E-state index in [4.69, 9.17) is 16.3 Å². The van der Waals surface area contributed by atoms with E-state index in [0.717, 1.165) is 34.1 Å². The molecular weight excluding hydrogens is 455 g/mol. The molecule has 0 radical (unpaired) electrons. The molecule has 1 amide bonds. The second kappa shape index (κ2) is 10.0. The molecule has 0 fully saturated rings. The maximum atomic E-state index is 13.4. The highest BCUT2D eigenvalue weighted by Gasteiger charge is 2.28. The zero-order valence-corrected chi connectivity index (χ0v) is 19.1. The second-order valence-corrected chi connectivity index (χ2v) is 9.24. The van der Waals surface area contributed by atoms with Crippen LogP contribution in [0.5, 0.6) is 5.75 Å². The number of anilines is 1. The largest absolute Gasteiger partial charge is 0.497 e. The molecule has 9 heteroatoms. The van der Waals surface area contributed by atoms with Crippen LogP contribution in [0.3, 0.4) is 0 Å². The van der Waals surface area contributed by atoms with Crippen molar-refractivity contribution in [3.05, 3.63) is 88.7 Å². The molecule has 0 saturated carbocycles. The molecule has 3 aromatic carbocycles. The summed E-state index contributed by atoms with van der Waals surface area (Å²) in [7, 11) is -2.61. The number of carbonyl (C=O) groups is 1. The topological polar surface area (TPSA) is 75.7 Å². The van der Waals surface area contributed by atoms with Gasteiger partial charge in [0, 0.05) is 11.6 Å². The van der Waals surface area contributed by atoms with Crippen LogP contribution in [-0.2, 0) is 21.4 Å². The van der Waals surface area contributed by atoms with Crippen molar-refractivity contribution < 1.29 is 22.3 Å². The highest BCUT2D eigenvalue weighted by molar-refractivity contribution is 7.92. The first kappa shape index (κ1) is 23.6. The van der Waals surface area contributed by atoms with Gasteiger partial charge in [-0.15, -0.1) is 0 Å². The predicted molar refractivity (Wildman–Crippen MR) is 122 cm³/mol. The molecule has 0 aliphatic rings. The van der Waals surface area contributed by atoms with Gasteiger partial charge in [0.1, 0.15) is 18.1 Å². The van der Waals surface area contributed by atoms with Crippen LogP contribution in [0.2, 0.25) is 5.02 Å². The fraction of sp³-hybridized carbons (Fsp3) is 0.174. The van der Waals surface area contributed by atoms with Crippen molar-refractivity contribution in [2.75, 3.05) is 18.0 Å². The molecule has 1 N–H and O–H groups in total. The first-order valence-corrected chi connectivity index (χ1v) is 11.5. The Morgan fingerprint density at radius 1 is 1.06 bits per heavy atom. The molecule has 3 aromatic rings. The Balaban J connectivity index is 1.87. The fourth-order valence-electron chi connectivity index (χ4n) is 3.03. The minimum absolute atomic E-state index is 0.138. The molecule has 32 heavy (non-hydrogen) atoms. The van der Waals surface area contributed by atoms with Gasteiger partial charge in [0.2, 0.25) is 5.91 Å². The Morgan fingerprint density at radius 2 is 1.72 bits per heavy atom. The van der Waals surface area contributed by atoms with Crippen LogP contribution in [0.4, 0.5) is 10.1 Å². The molecule has 6 nitrogen and oxygen atoms in total. The number of halogens is 2. The van der Waals surface area contributed by atoms with Gasteiger partial charge in [0.15, 0.2) is 0 Å². The summed E-state index contributed by atoms with van der Waals surface area (Å²) in [6.45, 7) is 1.40. The summed E-state index contributed by atoms with van der Waals surface area (Å²) in [6, 6.07) is 16.4. The van der Waals surface area contributed by atoms with E-state index in [1.54, 1.807) is 56.5 Å². The van der Waals surface area contributed by atoms with Crippen LogP contribution in [0.1, 0.15) is 11.1 Å². The Labute approximate surface area is 191 Å². The van der Waals surface area contributed by atoms with Gasteiger partial charge in [-0.25, -0.2) is 12.8 Å². The van der Waals surface area contributed by atoms with Crippen molar-refractivity contribution in [3.63, 3.8) is 0 Å². The average molecular weight is 477 g/mol. The molecule has 168 valence electrons. The van der Waals surface area contributed by atoms with Gasteiger partial charge in [-0.05, 0) is 66.6 Å². The number of carbonyl (C=O) groups excluding carboxylic acids is 1. The summed E-state index contributed by atoms with van der Waals surface area (Å²) in [5.74, 6) is -0.384. The normalized spacial score (nSPS) is 11.1. The van der Waals surface area contributed by atoms with Crippen molar-refractivity contribution in [1.82, 2.24) is 5.32 Å². The first-order valence-electron chi connectivity index (χ1n) is 9.65. The Bertz CT molecular complexity index is 1200. The number of amides is 1. The lowest BCUT2D eigenvalue weighted by molar-refractivity contribution is -0.119. The number of ether oxygens (including phenoxy) is 1. The predicted octanol–water partition coefficient (Wildman–Crippen LogP) is 4.31. The third-order valence-corrected chi connectivity index (χ3v) is 7.03. The van der Waals surface area contributed by atoms with E-state index in [2.05, 4.69) is 5.32 Å². The van der Waals surface area contributed by atoms with Gasteiger partial charge >= 0.3 is 0 Å². The first-order chi connectivity index (χ1) is 15.2. The van der Waals surface area contributed by atoms with Crippen molar-refractivity contribution in [3.8, 4) is 5.75 Å². The van der Waals surface area contributed by atoms with Crippen molar-refractivity contribution in [2.24, 2.45) is 0 Å². The Morgan fingerprint density at radius 3 is 2.34 bits per heavy atom. The maximum absolute atomic E-state index is 13.4. The average Bonchev–Trinajstić information content (AvgIpc) is 2.78. The summed E-state index contributed by atoms with van der Waals surface area (Å²) in [5.41, 5.74) is 1.59.